The summed E-state index contributed by atoms with van der Waals surface area (Å²) in [6.07, 6.45) is 3.45. The van der Waals surface area contributed by atoms with Gasteiger partial charge in [0.25, 0.3) is 0 Å². The first kappa shape index (κ1) is 18.6. The molecule has 0 spiro atoms. The van der Waals surface area contributed by atoms with Crippen molar-refractivity contribution in [3.8, 4) is 11.5 Å². The average molecular weight is 346 g/mol. The Morgan fingerprint density at radius 1 is 1.20 bits per heavy atom. The molecule has 0 bridgehead atoms. The van der Waals surface area contributed by atoms with Crippen LogP contribution in [0.5, 0.6) is 11.5 Å². The number of aliphatic imine (C=N–C) groups is 1. The maximum atomic E-state index is 5.33. The Kier molecular flexibility index (Phi) is 7.06. The van der Waals surface area contributed by atoms with Gasteiger partial charge in [-0.1, -0.05) is 6.07 Å². The molecule has 8 nitrogen and oxygen atoms in total. The third-order valence-corrected chi connectivity index (χ3v) is 3.83. The number of hydrogen-bond donors (Lipinski definition) is 2. The molecule has 1 heterocycles. The van der Waals surface area contributed by atoms with Crippen molar-refractivity contribution in [1.82, 2.24) is 25.4 Å². The molecule has 2 N–H and O–H groups in total. The van der Waals surface area contributed by atoms with E-state index in [0.717, 1.165) is 42.7 Å². The Bertz CT molecular complexity index is 698. The van der Waals surface area contributed by atoms with Crippen molar-refractivity contribution < 1.29 is 9.47 Å². The Morgan fingerprint density at radius 2 is 2.00 bits per heavy atom. The maximum absolute atomic E-state index is 5.33. The van der Waals surface area contributed by atoms with Crippen molar-refractivity contribution in [2.75, 3.05) is 27.8 Å². The van der Waals surface area contributed by atoms with E-state index >= 15 is 0 Å². The van der Waals surface area contributed by atoms with Gasteiger partial charge < -0.3 is 20.1 Å². The Labute approximate surface area is 148 Å². The van der Waals surface area contributed by atoms with Crippen molar-refractivity contribution in [3.05, 3.63) is 35.9 Å². The number of ether oxygens (including phenoxy) is 2. The number of guanidine groups is 1. The molecule has 0 amide bonds. The second kappa shape index (κ2) is 9.51. The Balaban J connectivity index is 1.75. The SMILES string of the molecule is CN=C(NCCCc1ccc(OC)c(OC)c1)NCc1ncnn1C. The van der Waals surface area contributed by atoms with E-state index in [2.05, 4.69) is 31.8 Å². The molecule has 0 unspecified atom stereocenters. The molecule has 0 saturated carbocycles. The highest BCUT2D eigenvalue weighted by molar-refractivity contribution is 5.79. The first-order valence-electron chi connectivity index (χ1n) is 8.16. The third-order valence-electron chi connectivity index (χ3n) is 3.83. The van der Waals surface area contributed by atoms with Crippen LogP contribution < -0.4 is 20.1 Å². The number of aromatic nitrogens is 3. The van der Waals surface area contributed by atoms with Crippen LogP contribution in [0.25, 0.3) is 0 Å². The highest BCUT2D eigenvalue weighted by atomic mass is 16.5. The summed E-state index contributed by atoms with van der Waals surface area (Å²) < 4.78 is 12.3. The minimum Gasteiger partial charge on any atom is -0.493 e. The van der Waals surface area contributed by atoms with Gasteiger partial charge in [-0.15, -0.1) is 0 Å². The zero-order valence-corrected chi connectivity index (χ0v) is 15.2. The average Bonchev–Trinajstić information content (AvgIpc) is 3.05. The fourth-order valence-electron chi connectivity index (χ4n) is 2.40. The largest absolute Gasteiger partial charge is 0.493 e. The van der Waals surface area contributed by atoms with Crippen LogP contribution in [0.15, 0.2) is 29.5 Å². The minimum atomic E-state index is 0.575. The Morgan fingerprint density at radius 3 is 2.64 bits per heavy atom. The molecule has 0 fully saturated rings. The molecule has 0 radical (unpaired) electrons. The van der Waals surface area contributed by atoms with E-state index in [4.69, 9.17) is 9.47 Å². The monoisotopic (exact) mass is 346 g/mol. The minimum absolute atomic E-state index is 0.575. The third kappa shape index (κ3) is 5.37. The molecular weight excluding hydrogens is 320 g/mol. The molecule has 0 saturated heterocycles. The van der Waals surface area contributed by atoms with Crippen LogP contribution in [0.1, 0.15) is 17.8 Å². The molecule has 0 aliphatic heterocycles. The quantitative estimate of drug-likeness (QED) is 0.423. The number of aryl methyl sites for hydroxylation is 2. The normalized spacial score (nSPS) is 11.3. The lowest BCUT2D eigenvalue weighted by Crippen LogP contribution is -2.38. The summed E-state index contributed by atoms with van der Waals surface area (Å²) in [5.41, 5.74) is 1.21. The summed E-state index contributed by atoms with van der Waals surface area (Å²) in [5, 5.41) is 10.6. The van der Waals surface area contributed by atoms with Crippen molar-refractivity contribution in [2.45, 2.75) is 19.4 Å². The molecule has 0 aliphatic rings. The van der Waals surface area contributed by atoms with Gasteiger partial charge >= 0.3 is 0 Å². The lowest BCUT2D eigenvalue weighted by molar-refractivity contribution is 0.354. The van der Waals surface area contributed by atoms with Crippen LogP contribution in [0.2, 0.25) is 0 Å². The number of rotatable bonds is 8. The van der Waals surface area contributed by atoms with Crippen LogP contribution in [0.4, 0.5) is 0 Å². The standard InChI is InChI=1S/C17H26N6O2/c1-18-17(20-11-16-21-12-22-23(16)2)19-9-5-6-13-7-8-14(24-3)15(10-13)25-4/h7-8,10,12H,5-6,9,11H2,1-4H3,(H2,18,19,20). The predicted molar refractivity (Wildman–Crippen MR) is 97.1 cm³/mol. The number of hydrogen-bond acceptors (Lipinski definition) is 5. The van der Waals surface area contributed by atoms with Gasteiger partial charge in [-0.3, -0.25) is 9.67 Å². The van der Waals surface area contributed by atoms with Gasteiger partial charge in [0, 0.05) is 20.6 Å². The summed E-state index contributed by atoms with van der Waals surface area (Å²) in [4.78, 5) is 8.39. The molecular formula is C17H26N6O2. The summed E-state index contributed by atoms with van der Waals surface area (Å²) in [5.74, 6) is 3.11. The van der Waals surface area contributed by atoms with Gasteiger partial charge in [-0.2, -0.15) is 5.10 Å². The van der Waals surface area contributed by atoms with Gasteiger partial charge in [0.1, 0.15) is 12.2 Å². The van der Waals surface area contributed by atoms with E-state index in [1.165, 1.54) is 11.9 Å². The van der Waals surface area contributed by atoms with E-state index < -0.39 is 0 Å². The zero-order chi connectivity index (χ0) is 18.1. The lowest BCUT2D eigenvalue weighted by atomic mass is 10.1. The van der Waals surface area contributed by atoms with Crippen LogP contribution in [0, 0.1) is 0 Å². The first-order valence-corrected chi connectivity index (χ1v) is 8.16. The molecule has 2 rings (SSSR count). The smallest absolute Gasteiger partial charge is 0.191 e. The van der Waals surface area contributed by atoms with E-state index in [0.29, 0.717) is 6.54 Å². The first-order chi connectivity index (χ1) is 12.2. The summed E-state index contributed by atoms with van der Waals surface area (Å²) in [6.45, 7) is 1.39. The van der Waals surface area contributed by atoms with E-state index in [1.807, 2.05) is 19.2 Å². The molecule has 1 aromatic heterocycles. The summed E-state index contributed by atoms with van der Waals surface area (Å²) in [7, 11) is 6.90. The van der Waals surface area contributed by atoms with Crippen molar-refractivity contribution in [3.63, 3.8) is 0 Å². The lowest BCUT2D eigenvalue weighted by Gasteiger charge is -2.12. The maximum Gasteiger partial charge on any atom is 0.191 e. The van der Waals surface area contributed by atoms with Gasteiger partial charge in [0.05, 0.1) is 20.8 Å². The van der Waals surface area contributed by atoms with Crippen LogP contribution in [-0.2, 0) is 20.0 Å². The molecule has 0 aliphatic carbocycles. The number of nitrogens with zero attached hydrogens (tertiary/aromatic N) is 4. The molecule has 1 aromatic carbocycles. The Hall–Kier alpha value is -2.77. The zero-order valence-electron chi connectivity index (χ0n) is 15.2. The molecule has 136 valence electrons. The van der Waals surface area contributed by atoms with Gasteiger partial charge in [0.15, 0.2) is 17.5 Å². The number of nitrogens with one attached hydrogen (secondary N) is 2. The fourth-order valence-corrected chi connectivity index (χ4v) is 2.40. The van der Waals surface area contributed by atoms with E-state index in [1.54, 1.807) is 25.9 Å². The van der Waals surface area contributed by atoms with E-state index in [9.17, 15) is 0 Å². The molecule has 0 atom stereocenters. The van der Waals surface area contributed by atoms with Crippen molar-refractivity contribution in [1.29, 1.82) is 0 Å². The second-order valence-corrected chi connectivity index (χ2v) is 5.45. The predicted octanol–water partition coefficient (Wildman–Crippen LogP) is 1.13. The van der Waals surface area contributed by atoms with Gasteiger partial charge in [-0.25, -0.2) is 4.98 Å². The van der Waals surface area contributed by atoms with Crippen LogP contribution >= 0.6 is 0 Å². The highest BCUT2D eigenvalue weighted by Crippen LogP contribution is 2.27. The molecule has 8 heteroatoms. The number of benzene rings is 1. The van der Waals surface area contributed by atoms with Crippen LogP contribution in [-0.4, -0.2) is 48.5 Å². The van der Waals surface area contributed by atoms with Gasteiger partial charge in [-0.05, 0) is 30.5 Å². The summed E-state index contributed by atoms with van der Waals surface area (Å²) in [6, 6.07) is 6.01. The number of methoxy groups -OCH3 is 2. The van der Waals surface area contributed by atoms with Gasteiger partial charge in [0.2, 0.25) is 0 Å². The summed E-state index contributed by atoms with van der Waals surface area (Å²) >= 11 is 0. The van der Waals surface area contributed by atoms with Crippen molar-refractivity contribution >= 4 is 5.96 Å². The highest BCUT2D eigenvalue weighted by Gasteiger charge is 2.05. The fraction of sp³-hybridized carbons (Fsp3) is 0.471. The topological polar surface area (TPSA) is 85.6 Å². The van der Waals surface area contributed by atoms with Crippen molar-refractivity contribution in [2.24, 2.45) is 12.0 Å². The molecule has 2 aromatic rings. The van der Waals surface area contributed by atoms with Crippen LogP contribution in [0.3, 0.4) is 0 Å². The second-order valence-electron chi connectivity index (χ2n) is 5.45. The van der Waals surface area contributed by atoms with E-state index in [-0.39, 0.29) is 0 Å². The molecule has 25 heavy (non-hydrogen) atoms.